The van der Waals surface area contributed by atoms with Crippen LogP contribution in [-0.4, -0.2) is 20.9 Å². The number of fused-ring (bicyclic) bond motifs is 1. The standard InChI is InChI=1S/C30H32F3N3O3S/c1-2-16-34-20-21-14-15-26-23(17-21)10-6-13-27(26)35-29(37)19-28(22-8-4-3-5-9-22)36-40(38,39)25-12-7-11-24(18-25)30(31,32)33/h2-5,7-9,11-12,14-15,17-18,27-28,34,36H,1,6,10,13,16,19-20H2,(H,35,37)/t27-,28-/m1/s1. The summed E-state index contributed by atoms with van der Waals surface area (Å²) in [6.45, 7) is 5.12. The lowest BCUT2D eigenvalue weighted by Crippen LogP contribution is -2.36. The van der Waals surface area contributed by atoms with E-state index in [0.29, 0.717) is 24.7 Å². The average Bonchev–Trinajstić information content (AvgIpc) is 2.93. The number of hydrogen-bond acceptors (Lipinski definition) is 4. The smallest absolute Gasteiger partial charge is 0.349 e. The number of alkyl halides is 3. The zero-order valence-corrected chi connectivity index (χ0v) is 22.7. The van der Waals surface area contributed by atoms with Gasteiger partial charge in [-0.15, -0.1) is 6.58 Å². The second kappa shape index (κ2) is 12.8. The maximum absolute atomic E-state index is 13.2. The van der Waals surface area contributed by atoms with Crippen LogP contribution in [0.2, 0.25) is 0 Å². The van der Waals surface area contributed by atoms with Crippen molar-refractivity contribution in [2.45, 2.75) is 55.4 Å². The highest BCUT2D eigenvalue weighted by molar-refractivity contribution is 7.89. The van der Waals surface area contributed by atoms with Gasteiger partial charge in [0.2, 0.25) is 15.9 Å². The van der Waals surface area contributed by atoms with Crippen LogP contribution in [0.25, 0.3) is 0 Å². The first-order chi connectivity index (χ1) is 19.1. The van der Waals surface area contributed by atoms with Crippen molar-refractivity contribution >= 4 is 15.9 Å². The van der Waals surface area contributed by atoms with Gasteiger partial charge >= 0.3 is 6.18 Å². The molecule has 0 unspecified atom stereocenters. The molecule has 0 saturated heterocycles. The SMILES string of the molecule is C=CCNCc1ccc2c(c1)CCC[C@H]2NC(=O)C[C@@H](NS(=O)(=O)c1cccc(C(F)(F)F)c1)c1ccccc1. The topological polar surface area (TPSA) is 87.3 Å². The Morgan fingerprint density at radius 2 is 1.82 bits per heavy atom. The average molecular weight is 572 g/mol. The second-order valence-corrected chi connectivity index (χ2v) is 11.5. The molecule has 0 aromatic heterocycles. The van der Waals surface area contributed by atoms with Crippen molar-refractivity contribution < 1.29 is 26.4 Å². The largest absolute Gasteiger partial charge is 0.416 e. The molecule has 0 spiro atoms. The Hall–Kier alpha value is -3.47. The number of aryl methyl sites for hydroxylation is 1. The molecular formula is C30H32F3N3O3S. The Labute approximate surface area is 232 Å². The second-order valence-electron chi connectivity index (χ2n) is 9.78. The molecule has 0 aliphatic heterocycles. The van der Waals surface area contributed by atoms with Crippen molar-refractivity contribution in [3.8, 4) is 0 Å². The molecule has 1 aliphatic carbocycles. The molecule has 6 nitrogen and oxygen atoms in total. The minimum absolute atomic E-state index is 0.220. The summed E-state index contributed by atoms with van der Waals surface area (Å²) >= 11 is 0. The number of carbonyl (C=O) groups excluding carboxylic acids is 1. The van der Waals surface area contributed by atoms with E-state index in [2.05, 4.69) is 28.0 Å². The van der Waals surface area contributed by atoms with E-state index in [1.807, 2.05) is 12.1 Å². The van der Waals surface area contributed by atoms with Crippen molar-refractivity contribution in [3.05, 3.63) is 113 Å². The summed E-state index contributed by atoms with van der Waals surface area (Å²) in [6, 6.07) is 17.0. The molecule has 212 valence electrons. The fourth-order valence-corrected chi connectivity index (χ4v) is 6.16. The van der Waals surface area contributed by atoms with Gasteiger partial charge in [-0.1, -0.05) is 60.7 Å². The first-order valence-corrected chi connectivity index (χ1v) is 14.5. The van der Waals surface area contributed by atoms with Gasteiger partial charge in [0.15, 0.2) is 0 Å². The maximum Gasteiger partial charge on any atom is 0.416 e. The third-order valence-electron chi connectivity index (χ3n) is 6.84. The highest BCUT2D eigenvalue weighted by Gasteiger charge is 2.32. The predicted molar refractivity (Wildman–Crippen MR) is 148 cm³/mol. The van der Waals surface area contributed by atoms with Crippen LogP contribution in [0.5, 0.6) is 0 Å². The van der Waals surface area contributed by atoms with Gasteiger partial charge in [0, 0.05) is 19.5 Å². The van der Waals surface area contributed by atoms with Crippen LogP contribution in [0.3, 0.4) is 0 Å². The number of nitrogens with one attached hydrogen (secondary N) is 3. The normalized spacial score (nSPS) is 16.1. The van der Waals surface area contributed by atoms with Gasteiger partial charge in [-0.2, -0.15) is 13.2 Å². The minimum Gasteiger partial charge on any atom is -0.349 e. The summed E-state index contributed by atoms with van der Waals surface area (Å²) in [4.78, 5) is 12.7. The number of halogens is 3. The summed E-state index contributed by atoms with van der Waals surface area (Å²) in [7, 11) is -4.37. The molecule has 1 aliphatic rings. The molecule has 0 radical (unpaired) electrons. The first-order valence-electron chi connectivity index (χ1n) is 13.0. The van der Waals surface area contributed by atoms with E-state index in [-0.39, 0.29) is 18.4 Å². The molecule has 1 amide bonds. The van der Waals surface area contributed by atoms with E-state index in [0.717, 1.165) is 48.6 Å². The number of hydrogen-bond donors (Lipinski definition) is 3. The molecule has 0 heterocycles. The van der Waals surface area contributed by atoms with Crippen LogP contribution in [-0.2, 0) is 34.0 Å². The Kier molecular flexibility index (Phi) is 9.44. The summed E-state index contributed by atoms with van der Waals surface area (Å²) in [5.74, 6) is -0.366. The van der Waals surface area contributed by atoms with E-state index < -0.39 is 32.7 Å². The van der Waals surface area contributed by atoms with Crippen molar-refractivity contribution in [1.82, 2.24) is 15.4 Å². The van der Waals surface area contributed by atoms with Gasteiger partial charge in [0.05, 0.1) is 22.5 Å². The van der Waals surface area contributed by atoms with E-state index in [1.54, 1.807) is 36.4 Å². The van der Waals surface area contributed by atoms with E-state index >= 15 is 0 Å². The van der Waals surface area contributed by atoms with Crippen LogP contribution >= 0.6 is 0 Å². The maximum atomic E-state index is 13.2. The lowest BCUT2D eigenvalue weighted by molar-refractivity contribution is -0.137. The van der Waals surface area contributed by atoms with Crippen molar-refractivity contribution in [1.29, 1.82) is 0 Å². The van der Waals surface area contributed by atoms with E-state index in [4.69, 9.17) is 0 Å². The van der Waals surface area contributed by atoms with E-state index in [9.17, 15) is 26.4 Å². The lowest BCUT2D eigenvalue weighted by Gasteiger charge is -2.28. The van der Waals surface area contributed by atoms with Gasteiger partial charge in [0.25, 0.3) is 0 Å². The minimum atomic E-state index is -4.69. The molecule has 0 fully saturated rings. The molecule has 0 saturated carbocycles. The van der Waals surface area contributed by atoms with Crippen molar-refractivity contribution in [2.24, 2.45) is 0 Å². The van der Waals surface area contributed by atoms with Crippen LogP contribution in [0.1, 0.15) is 59.2 Å². The molecule has 0 bridgehead atoms. The monoisotopic (exact) mass is 571 g/mol. The van der Waals surface area contributed by atoms with Crippen LogP contribution in [0.15, 0.2) is 90.3 Å². The van der Waals surface area contributed by atoms with E-state index in [1.165, 1.54) is 5.56 Å². The predicted octanol–water partition coefficient (Wildman–Crippen LogP) is 5.58. The quantitative estimate of drug-likeness (QED) is 0.207. The van der Waals surface area contributed by atoms with Crippen LogP contribution < -0.4 is 15.4 Å². The highest BCUT2D eigenvalue weighted by Crippen LogP contribution is 2.32. The number of carbonyl (C=O) groups is 1. The molecule has 2 atom stereocenters. The lowest BCUT2D eigenvalue weighted by atomic mass is 9.86. The number of sulfonamides is 1. The van der Waals surface area contributed by atoms with Gasteiger partial charge in [-0.05, 0) is 59.7 Å². The first kappa shape index (κ1) is 29.5. The Morgan fingerprint density at radius 1 is 1.05 bits per heavy atom. The third kappa shape index (κ3) is 7.59. The van der Waals surface area contributed by atoms with Gasteiger partial charge in [0.1, 0.15) is 0 Å². The summed E-state index contributed by atoms with van der Waals surface area (Å²) in [6.07, 6.45) is -0.571. The number of benzene rings is 3. The molecular weight excluding hydrogens is 539 g/mol. The summed E-state index contributed by atoms with van der Waals surface area (Å²) in [5.41, 5.74) is 2.79. The fraction of sp³-hybridized carbons (Fsp3) is 0.300. The Balaban J connectivity index is 1.51. The zero-order valence-electron chi connectivity index (χ0n) is 21.9. The zero-order chi connectivity index (χ0) is 28.8. The Bertz CT molecular complexity index is 1440. The number of rotatable bonds is 11. The molecule has 3 aromatic carbocycles. The summed E-state index contributed by atoms with van der Waals surface area (Å²) < 4.78 is 68.3. The van der Waals surface area contributed by atoms with Gasteiger partial charge < -0.3 is 10.6 Å². The fourth-order valence-electron chi connectivity index (χ4n) is 4.89. The molecule has 4 rings (SSSR count). The van der Waals surface area contributed by atoms with Crippen LogP contribution in [0.4, 0.5) is 13.2 Å². The molecule has 10 heteroatoms. The molecule has 40 heavy (non-hydrogen) atoms. The number of amides is 1. The van der Waals surface area contributed by atoms with Crippen molar-refractivity contribution in [3.63, 3.8) is 0 Å². The third-order valence-corrected chi connectivity index (χ3v) is 8.30. The molecule has 3 aromatic rings. The highest BCUT2D eigenvalue weighted by atomic mass is 32.2. The van der Waals surface area contributed by atoms with Gasteiger partial charge in [-0.3, -0.25) is 4.79 Å². The van der Waals surface area contributed by atoms with Crippen LogP contribution in [0, 0.1) is 0 Å². The Morgan fingerprint density at radius 3 is 2.55 bits per heavy atom. The van der Waals surface area contributed by atoms with Crippen molar-refractivity contribution in [2.75, 3.05) is 6.54 Å². The molecule has 3 N–H and O–H groups in total. The van der Waals surface area contributed by atoms with Gasteiger partial charge in [-0.25, -0.2) is 13.1 Å². The summed E-state index contributed by atoms with van der Waals surface area (Å²) in [5, 5.41) is 6.33.